The monoisotopic (exact) mass is 604 g/mol. The van der Waals surface area contributed by atoms with Gasteiger partial charge in [-0.05, 0) is 63.7 Å². The molecule has 0 aliphatic heterocycles. The summed E-state index contributed by atoms with van der Waals surface area (Å²) in [5, 5.41) is 19.5. The standard InChI is InChI=1S/C37H64O6/c1-4-34(38)28-24-20-16-11-9-7-5-6-8-10-12-17-21-25-29-36(40)42-31-35(39)32-43-37(41)30-26-22-18-14-13-15-19-23-27-33(2)3/h6-9,12,16-17,20,33-35,38-39H,4-5,10-11,13-15,18-19,21-32H2,1-3H3/b8-6-,9-7-,17-12-,20-16-/t34-,35-/m0/s1. The van der Waals surface area contributed by atoms with Gasteiger partial charge in [-0.1, -0.05) is 121 Å². The number of carbonyl (C=O) groups excluding carboxylic acids is 2. The first kappa shape index (κ1) is 40.8. The van der Waals surface area contributed by atoms with Crippen molar-refractivity contribution in [1.29, 1.82) is 0 Å². The molecule has 0 aliphatic rings. The number of aliphatic hydroxyl groups excluding tert-OH is 2. The lowest BCUT2D eigenvalue weighted by Crippen LogP contribution is -2.25. The van der Waals surface area contributed by atoms with Crippen molar-refractivity contribution in [2.75, 3.05) is 13.2 Å². The van der Waals surface area contributed by atoms with E-state index in [1.54, 1.807) is 0 Å². The highest BCUT2D eigenvalue weighted by Crippen LogP contribution is 2.13. The van der Waals surface area contributed by atoms with E-state index in [2.05, 4.69) is 62.5 Å². The van der Waals surface area contributed by atoms with Crippen LogP contribution in [0.5, 0.6) is 0 Å². The molecule has 0 aromatic carbocycles. The molecule has 2 atom stereocenters. The SMILES string of the molecule is CC[C@H](O)CC/C=C\C/C=C\C/C=C\C/C=C\CCCC(=O)OC[C@H](O)COC(=O)CCCCCCCCCCC(C)C. The zero-order chi connectivity index (χ0) is 31.8. The van der Waals surface area contributed by atoms with Crippen LogP contribution in [0.15, 0.2) is 48.6 Å². The van der Waals surface area contributed by atoms with Crippen LogP contribution >= 0.6 is 0 Å². The highest BCUT2D eigenvalue weighted by molar-refractivity contribution is 5.69. The summed E-state index contributed by atoms with van der Waals surface area (Å²) in [5.74, 6) is 0.147. The van der Waals surface area contributed by atoms with Crippen LogP contribution in [-0.4, -0.2) is 47.6 Å². The van der Waals surface area contributed by atoms with Gasteiger partial charge in [0.2, 0.25) is 0 Å². The lowest BCUT2D eigenvalue weighted by atomic mass is 10.0. The van der Waals surface area contributed by atoms with Gasteiger partial charge < -0.3 is 19.7 Å². The Kier molecular flexibility index (Phi) is 29.7. The predicted molar refractivity (Wildman–Crippen MR) is 179 cm³/mol. The van der Waals surface area contributed by atoms with Gasteiger partial charge in [0.05, 0.1) is 6.10 Å². The normalized spacial score (nSPS) is 13.6. The lowest BCUT2D eigenvalue weighted by molar-refractivity contribution is -0.152. The summed E-state index contributed by atoms with van der Waals surface area (Å²) in [4.78, 5) is 23.8. The Hall–Kier alpha value is -2.18. The molecule has 248 valence electrons. The first-order valence-electron chi connectivity index (χ1n) is 17.1. The van der Waals surface area contributed by atoms with Gasteiger partial charge in [0.25, 0.3) is 0 Å². The van der Waals surface area contributed by atoms with Crippen molar-refractivity contribution in [3.8, 4) is 0 Å². The van der Waals surface area contributed by atoms with Crippen LogP contribution < -0.4 is 0 Å². The number of aliphatic hydroxyl groups is 2. The number of esters is 2. The Bertz CT molecular complexity index is 767. The Balaban J connectivity index is 3.60. The molecule has 0 amide bonds. The zero-order valence-electron chi connectivity index (χ0n) is 27.7. The summed E-state index contributed by atoms with van der Waals surface area (Å²) >= 11 is 0. The molecule has 43 heavy (non-hydrogen) atoms. The third kappa shape index (κ3) is 32.6. The van der Waals surface area contributed by atoms with Crippen molar-refractivity contribution >= 4 is 11.9 Å². The van der Waals surface area contributed by atoms with E-state index in [0.717, 1.165) is 70.1 Å². The Morgan fingerprint density at radius 3 is 1.51 bits per heavy atom. The van der Waals surface area contributed by atoms with Gasteiger partial charge in [0, 0.05) is 12.8 Å². The number of hydrogen-bond donors (Lipinski definition) is 2. The molecule has 0 unspecified atom stereocenters. The smallest absolute Gasteiger partial charge is 0.305 e. The second kappa shape index (κ2) is 31.3. The number of unbranched alkanes of at least 4 members (excludes halogenated alkanes) is 8. The number of carbonyl (C=O) groups is 2. The van der Waals surface area contributed by atoms with E-state index < -0.39 is 6.10 Å². The average Bonchev–Trinajstić information content (AvgIpc) is 2.99. The largest absolute Gasteiger partial charge is 0.463 e. The van der Waals surface area contributed by atoms with Crippen LogP contribution in [0.4, 0.5) is 0 Å². The molecule has 0 radical (unpaired) electrons. The second-order valence-corrected chi connectivity index (χ2v) is 11.9. The maximum absolute atomic E-state index is 11.9. The van der Waals surface area contributed by atoms with Gasteiger partial charge in [0.1, 0.15) is 19.3 Å². The molecule has 6 heteroatoms. The third-order valence-corrected chi connectivity index (χ3v) is 7.16. The summed E-state index contributed by atoms with van der Waals surface area (Å²) in [6.45, 7) is 6.25. The number of allylic oxidation sites excluding steroid dienone is 8. The Morgan fingerprint density at radius 1 is 0.558 bits per heavy atom. The molecule has 0 bridgehead atoms. The molecular weight excluding hydrogens is 540 g/mol. The van der Waals surface area contributed by atoms with Gasteiger partial charge in [-0.15, -0.1) is 0 Å². The quantitative estimate of drug-likeness (QED) is 0.0502. The number of ether oxygens (including phenoxy) is 2. The second-order valence-electron chi connectivity index (χ2n) is 11.9. The summed E-state index contributed by atoms with van der Waals surface area (Å²) in [6, 6.07) is 0. The van der Waals surface area contributed by atoms with Gasteiger partial charge in [-0.2, -0.15) is 0 Å². The van der Waals surface area contributed by atoms with Gasteiger partial charge in [0.15, 0.2) is 0 Å². The highest BCUT2D eigenvalue weighted by atomic mass is 16.6. The molecule has 0 aromatic heterocycles. The maximum atomic E-state index is 11.9. The van der Waals surface area contributed by atoms with Crippen LogP contribution in [0.2, 0.25) is 0 Å². The van der Waals surface area contributed by atoms with Crippen molar-refractivity contribution in [1.82, 2.24) is 0 Å². The molecule has 0 saturated heterocycles. The summed E-state index contributed by atoms with van der Waals surface area (Å²) in [5.41, 5.74) is 0. The minimum absolute atomic E-state index is 0.142. The van der Waals surface area contributed by atoms with Crippen LogP contribution in [0, 0.1) is 5.92 Å². The zero-order valence-corrected chi connectivity index (χ0v) is 27.7. The average molecular weight is 605 g/mol. The van der Waals surface area contributed by atoms with Crippen molar-refractivity contribution in [2.45, 2.75) is 155 Å². The van der Waals surface area contributed by atoms with Crippen molar-refractivity contribution in [3.05, 3.63) is 48.6 Å². The fourth-order valence-electron chi connectivity index (χ4n) is 4.36. The molecule has 0 aromatic rings. The fraction of sp³-hybridized carbons (Fsp3) is 0.730. The van der Waals surface area contributed by atoms with E-state index >= 15 is 0 Å². The minimum Gasteiger partial charge on any atom is -0.463 e. The first-order valence-corrected chi connectivity index (χ1v) is 17.1. The van der Waals surface area contributed by atoms with E-state index in [9.17, 15) is 19.8 Å². The molecule has 0 rings (SSSR count). The predicted octanol–water partition coefficient (Wildman–Crippen LogP) is 9.11. The molecule has 6 nitrogen and oxygen atoms in total. The van der Waals surface area contributed by atoms with E-state index in [0.29, 0.717) is 19.3 Å². The summed E-state index contributed by atoms with van der Waals surface area (Å²) < 4.78 is 10.2. The summed E-state index contributed by atoms with van der Waals surface area (Å²) in [7, 11) is 0. The molecule has 0 aliphatic carbocycles. The van der Waals surface area contributed by atoms with E-state index in [4.69, 9.17) is 9.47 Å². The molecule has 2 N–H and O–H groups in total. The van der Waals surface area contributed by atoms with Crippen LogP contribution in [0.25, 0.3) is 0 Å². The third-order valence-electron chi connectivity index (χ3n) is 7.16. The Morgan fingerprint density at radius 2 is 1.00 bits per heavy atom. The molecular formula is C37H64O6. The number of hydrogen-bond acceptors (Lipinski definition) is 6. The maximum Gasteiger partial charge on any atom is 0.305 e. The van der Waals surface area contributed by atoms with Crippen LogP contribution in [-0.2, 0) is 19.1 Å². The Labute approximate surface area is 263 Å². The van der Waals surface area contributed by atoms with Crippen LogP contribution in [0.1, 0.15) is 143 Å². The van der Waals surface area contributed by atoms with Crippen LogP contribution in [0.3, 0.4) is 0 Å². The lowest BCUT2D eigenvalue weighted by Gasteiger charge is -2.12. The molecule has 0 fully saturated rings. The first-order chi connectivity index (χ1) is 20.8. The number of rotatable bonds is 29. The molecule has 0 spiro atoms. The topological polar surface area (TPSA) is 93.1 Å². The van der Waals surface area contributed by atoms with Crippen molar-refractivity contribution in [3.63, 3.8) is 0 Å². The van der Waals surface area contributed by atoms with Gasteiger partial charge >= 0.3 is 11.9 Å². The molecule has 0 saturated carbocycles. The van der Waals surface area contributed by atoms with E-state index in [1.807, 2.05) is 6.92 Å². The van der Waals surface area contributed by atoms with Gasteiger partial charge in [-0.3, -0.25) is 9.59 Å². The van der Waals surface area contributed by atoms with Gasteiger partial charge in [-0.25, -0.2) is 0 Å². The van der Waals surface area contributed by atoms with Crippen molar-refractivity contribution < 1.29 is 29.3 Å². The highest BCUT2D eigenvalue weighted by Gasteiger charge is 2.12. The van der Waals surface area contributed by atoms with Crippen molar-refractivity contribution in [2.24, 2.45) is 5.92 Å². The fourth-order valence-corrected chi connectivity index (χ4v) is 4.36. The minimum atomic E-state index is -0.993. The van der Waals surface area contributed by atoms with E-state index in [-0.39, 0.29) is 31.3 Å². The molecule has 0 heterocycles. The summed E-state index contributed by atoms with van der Waals surface area (Å²) in [6.07, 6.45) is 34.0. The van der Waals surface area contributed by atoms with E-state index in [1.165, 1.54) is 38.5 Å².